The molecule has 4 aromatic rings. The van der Waals surface area contributed by atoms with Gasteiger partial charge in [0, 0.05) is 23.5 Å². The van der Waals surface area contributed by atoms with E-state index in [9.17, 15) is 0 Å². The van der Waals surface area contributed by atoms with Crippen LogP contribution in [-0.4, -0.2) is 25.5 Å². The maximum absolute atomic E-state index is 4.65. The van der Waals surface area contributed by atoms with E-state index in [2.05, 4.69) is 57.4 Å². The number of aromatic nitrogens is 4. The molecule has 0 aliphatic carbocycles. The Morgan fingerprint density at radius 2 is 1.79 bits per heavy atom. The van der Waals surface area contributed by atoms with Crippen molar-refractivity contribution in [3.05, 3.63) is 53.7 Å². The Morgan fingerprint density at radius 3 is 2.54 bits per heavy atom. The highest BCUT2D eigenvalue weighted by Gasteiger charge is 2.14. The summed E-state index contributed by atoms with van der Waals surface area (Å²) in [5, 5.41) is 7.80. The summed E-state index contributed by atoms with van der Waals surface area (Å²) in [6.07, 6.45) is 1.76. The summed E-state index contributed by atoms with van der Waals surface area (Å²) in [6, 6.07) is 13.9. The van der Waals surface area contributed by atoms with E-state index in [4.69, 9.17) is 0 Å². The quantitative estimate of drug-likeness (QED) is 0.485. The Morgan fingerprint density at radius 1 is 0.929 bits per heavy atom. The predicted octanol–water partition coefficient (Wildman–Crippen LogP) is 5.41. The van der Waals surface area contributed by atoms with Gasteiger partial charge in [0.25, 0.3) is 0 Å². The van der Waals surface area contributed by atoms with E-state index >= 15 is 0 Å². The molecule has 0 atom stereocenters. The maximum Gasteiger partial charge on any atom is 0.225 e. The van der Waals surface area contributed by atoms with Crippen LogP contribution in [-0.2, 0) is 0 Å². The zero-order chi connectivity index (χ0) is 19.7. The molecule has 28 heavy (non-hydrogen) atoms. The molecule has 0 aliphatic rings. The number of benzene rings is 1. The molecule has 7 heteroatoms. The van der Waals surface area contributed by atoms with Gasteiger partial charge in [-0.1, -0.05) is 6.07 Å². The van der Waals surface area contributed by atoms with Gasteiger partial charge < -0.3 is 10.6 Å². The number of rotatable bonds is 4. The molecular weight excluding hydrogens is 368 g/mol. The zero-order valence-corrected chi connectivity index (χ0v) is 17.1. The number of hydrogen-bond donors (Lipinski definition) is 2. The van der Waals surface area contributed by atoms with Crippen molar-refractivity contribution in [1.29, 1.82) is 0 Å². The van der Waals surface area contributed by atoms with Crippen LogP contribution in [0.1, 0.15) is 25.8 Å². The van der Waals surface area contributed by atoms with Crippen LogP contribution < -0.4 is 10.6 Å². The van der Waals surface area contributed by atoms with Gasteiger partial charge in [-0.3, -0.25) is 4.98 Å². The van der Waals surface area contributed by atoms with Gasteiger partial charge >= 0.3 is 0 Å². The number of nitrogens with one attached hydrogen (secondary N) is 2. The van der Waals surface area contributed by atoms with Crippen LogP contribution in [0.5, 0.6) is 0 Å². The van der Waals surface area contributed by atoms with Gasteiger partial charge in [-0.25, -0.2) is 9.97 Å². The molecule has 142 valence electrons. The summed E-state index contributed by atoms with van der Waals surface area (Å²) in [4.78, 5) is 18.3. The van der Waals surface area contributed by atoms with Crippen molar-refractivity contribution in [3.63, 3.8) is 0 Å². The first kappa shape index (κ1) is 18.3. The fourth-order valence-corrected chi connectivity index (χ4v) is 3.62. The molecule has 1 aromatic carbocycles. The Balaban J connectivity index is 1.72. The largest absolute Gasteiger partial charge is 0.350 e. The van der Waals surface area contributed by atoms with Crippen molar-refractivity contribution < 1.29 is 0 Å². The molecule has 0 spiro atoms. The van der Waals surface area contributed by atoms with Crippen LogP contribution in [0.15, 0.2) is 48.7 Å². The number of thiazole rings is 1. The summed E-state index contributed by atoms with van der Waals surface area (Å²) in [5.74, 6) is 1.26. The van der Waals surface area contributed by atoms with E-state index in [0.29, 0.717) is 11.8 Å². The third-order valence-corrected chi connectivity index (χ3v) is 4.86. The van der Waals surface area contributed by atoms with Gasteiger partial charge in [0.15, 0.2) is 0 Å². The van der Waals surface area contributed by atoms with Crippen molar-refractivity contribution in [2.24, 2.45) is 0 Å². The molecule has 3 aromatic heterocycles. The first-order valence-electron chi connectivity index (χ1n) is 9.09. The van der Waals surface area contributed by atoms with Gasteiger partial charge in [0.1, 0.15) is 5.82 Å². The van der Waals surface area contributed by atoms with Crippen LogP contribution in [0.4, 0.5) is 17.5 Å². The van der Waals surface area contributed by atoms with E-state index in [0.717, 1.165) is 27.6 Å². The third kappa shape index (κ3) is 4.26. The fourth-order valence-electron chi connectivity index (χ4n) is 2.82. The minimum atomic E-state index is -0.156. The molecule has 3 heterocycles. The van der Waals surface area contributed by atoms with Crippen molar-refractivity contribution in [2.75, 3.05) is 10.6 Å². The minimum Gasteiger partial charge on any atom is -0.350 e. The highest BCUT2D eigenvalue weighted by molar-refractivity contribution is 7.18. The number of aryl methyl sites for hydroxylation is 1. The number of pyridine rings is 1. The lowest BCUT2D eigenvalue weighted by molar-refractivity contribution is 0.626. The van der Waals surface area contributed by atoms with Gasteiger partial charge in [0.2, 0.25) is 5.95 Å². The van der Waals surface area contributed by atoms with Crippen LogP contribution >= 0.6 is 11.3 Å². The van der Waals surface area contributed by atoms with E-state index in [-0.39, 0.29) is 5.54 Å². The molecule has 0 saturated carbocycles. The number of anilines is 3. The molecular formula is C21H22N6S. The van der Waals surface area contributed by atoms with Crippen molar-refractivity contribution in [1.82, 2.24) is 19.9 Å². The second kappa shape index (κ2) is 7.16. The van der Waals surface area contributed by atoms with Crippen LogP contribution in [0.3, 0.4) is 0 Å². The molecule has 6 nitrogen and oxygen atoms in total. The molecule has 4 rings (SSSR count). The fraction of sp³-hybridized carbons (Fsp3) is 0.238. The van der Waals surface area contributed by atoms with Crippen molar-refractivity contribution >= 4 is 39.0 Å². The third-order valence-electron chi connectivity index (χ3n) is 3.91. The number of hydrogen-bond acceptors (Lipinski definition) is 7. The van der Waals surface area contributed by atoms with E-state index in [1.807, 2.05) is 43.3 Å². The lowest BCUT2D eigenvalue weighted by Crippen LogP contribution is -2.27. The minimum absolute atomic E-state index is 0.156. The molecule has 0 saturated heterocycles. The molecule has 0 aliphatic heterocycles. The van der Waals surface area contributed by atoms with Crippen molar-refractivity contribution in [3.8, 4) is 11.4 Å². The van der Waals surface area contributed by atoms with E-state index in [1.54, 1.807) is 17.5 Å². The Labute approximate surface area is 168 Å². The molecule has 0 unspecified atom stereocenters. The van der Waals surface area contributed by atoms with Crippen molar-refractivity contribution in [2.45, 2.75) is 33.2 Å². The summed E-state index contributed by atoms with van der Waals surface area (Å²) in [5.41, 5.74) is 3.33. The summed E-state index contributed by atoms with van der Waals surface area (Å²) in [7, 11) is 0. The highest BCUT2D eigenvalue weighted by Crippen LogP contribution is 2.27. The monoisotopic (exact) mass is 390 g/mol. The number of nitrogens with zero attached hydrogens (tertiary/aromatic N) is 4. The van der Waals surface area contributed by atoms with Crippen LogP contribution in [0, 0.1) is 6.92 Å². The highest BCUT2D eigenvalue weighted by atomic mass is 32.1. The lowest BCUT2D eigenvalue weighted by atomic mass is 10.1. The average Bonchev–Trinajstić information content (AvgIpc) is 3.00. The zero-order valence-electron chi connectivity index (χ0n) is 16.3. The van der Waals surface area contributed by atoms with Gasteiger partial charge in [-0.05, 0) is 58.0 Å². The number of fused-ring (bicyclic) bond motifs is 1. The lowest BCUT2D eigenvalue weighted by Gasteiger charge is -2.21. The van der Waals surface area contributed by atoms with Crippen LogP contribution in [0.25, 0.3) is 21.6 Å². The summed E-state index contributed by atoms with van der Waals surface area (Å²) < 4.78 is 1.18. The first-order valence-corrected chi connectivity index (χ1v) is 9.90. The molecule has 0 fully saturated rings. The smallest absolute Gasteiger partial charge is 0.225 e. The standard InChI is InChI=1S/C21H22N6S/c1-13-23-17-11-14(8-9-18(17)28-13)24-19-12-16(15-7-5-6-10-22-15)25-20(26-19)27-21(2,3)4/h5-12H,1-4H3,(H2,24,25,26,27). The van der Waals surface area contributed by atoms with E-state index in [1.165, 1.54) is 4.70 Å². The van der Waals surface area contributed by atoms with Gasteiger partial charge in [-0.2, -0.15) is 4.98 Å². The Bertz CT molecular complexity index is 1110. The van der Waals surface area contributed by atoms with Gasteiger partial charge in [0.05, 0.1) is 26.6 Å². The summed E-state index contributed by atoms with van der Waals surface area (Å²) in [6.45, 7) is 8.26. The second-order valence-electron chi connectivity index (χ2n) is 7.59. The Hall–Kier alpha value is -3.06. The molecule has 0 bridgehead atoms. The van der Waals surface area contributed by atoms with Crippen LogP contribution in [0.2, 0.25) is 0 Å². The SMILES string of the molecule is Cc1nc2cc(Nc3cc(-c4ccccn4)nc(NC(C)(C)C)n3)ccc2s1. The second-order valence-corrected chi connectivity index (χ2v) is 8.83. The normalized spacial score (nSPS) is 11.6. The van der Waals surface area contributed by atoms with E-state index < -0.39 is 0 Å². The molecule has 0 radical (unpaired) electrons. The average molecular weight is 391 g/mol. The molecule has 2 N–H and O–H groups in total. The predicted molar refractivity (Wildman–Crippen MR) is 116 cm³/mol. The topological polar surface area (TPSA) is 75.6 Å². The van der Waals surface area contributed by atoms with Gasteiger partial charge in [-0.15, -0.1) is 11.3 Å². The molecule has 0 amide bonds. The summed E-state index contributed by atoms with van der Waals surface area (Å²) >= 11 is 1.69. The Kier molecular flexibility index (Phi) is 4.68. The maximum atomic E-state index is 4.65. The first-order chi connectivity index (χ1) is 13.4.